The van der Waals surface area contributed by atoms with Gasteiger partial charge in [0, 0.05) is 4.88 Å². The van der Waals surface area contributed by atoms with E-state index in [9.17, 15) is 18.8 Å². The van der Waals surface area contributed by atoms with E-state index >= 15 is 0 Å². The summed E-state index contributed by atoms with van der Waals surface area (Å²) in [6, 6.07) is 15.9. The van der Waals surface area contributed by atoms with Crippen LogP contribution in [-0.4, -0.2) is 35.8 Å². The normalized spacial score (nSPS) is 13.5. The number of hydrogen-bond donors (Lipinski definition) is 0. The van der Waals surface area contributed by atoms with Crippen LogP contribution in [0.1, 0.15) is 31.2 Å². The molecule has 7 heteroatoms. The molecule has 3 aromatic rings. The van der Waals surface area contributed by atoms with Crippen LogP contribution in [0.3, 0.4) is 0 Å². The maximum Gasteiger partial charge on any atom is 0.339 e. The summed E-state index contributed by atoms with van der Waals surface area (Å²) in [5, 5.41) is 1.83. The van der Waals surface area contributed by atoms with Gasteiger partial charge in [0.2, 0.25) is 0 Å². The second-order valence-electron chi connectivity index (χ2n) is 6.53. The van der Waals surface area contributed by atoms with Crippen LogP contribution >= 0.6 is 11.3 Å². The number of fused-ring (bicyclic) bond motifs is 1. The molecule has 0 unspecified atom stereocenters. The molecule has 1 aromatic heterocycles. The lowest BCUT2D eigenvalue weighted by atomic mass is 10.1. The second-order valence-corrected chi connectivity index (χ2v) is 7.48. The zero-order chi connectivity index (χ0) is 21.1. The minimum Gasteiger partial charge on any atom is -0.460 e. The molecule has 0 fully saturated rings. The Bertz CT molecular complexity index is 1100. The summed E-state index contributed by atoms with van der Waals surface area (Å²) < 4.78 is 18.5. The number of rotatable bonds is 6. The predicted molar refractivity (Wildman–Crippen MR) is 111 cm³/mol. The highest BCUT2D eigenvalue weighted by atomic mass is 32.1. The largest absolute Gasteiger partial charge is 0.460 e. The first-order valence-electron chi connectivity index (χ1n) is 9.18. The molecule has 30 heavy (non-hydrogen) atoms. The summed E-state index contributed by atoms with van der Waals surface area (Å²) in [6.45, 7) is -0.164. The number of esters is 1. The quantitative estimate of drug-likeness (QED) is 0.339. The van der Waals surface area contributed by atoms with Crippen molar-refractivity contribution in [3.05, 3.63) is 93.4 Å². The molecule has 0 aliphatic carbocycles. The molecule has 1 aliphatic rings. The third-order valence-electron chi connectivity index (χ3n) is 4.61. The molecular weight excluding hydrogens is 405 g/mol. The van der Waals surface area contributed by atoms with E-state index in [0.717, 1.165) is 4.90 Å². The molecule has 2 heterocycles. The van der Waals surface area contributed by atoms with Crippen LogP contribution in [0.25, 0.3) is 11.6 Å². The number of ether oxygens (including phenoxy) is 1. The second kappa shape index (κ2) is 8.42. The molecule has 0 spiro atoms. The van der Waals surface area contributed by atoms with E-state index in [1.165, 1.54) is 23.5 Å². The van der Waals surface area contributed by atoms with Gasteiger partial charge in [0.25, 0.3) is 11.8 Å². The van der Waals surface area contributed by atoms with Crippen LogP contribution in [0.2, 0.25) is 0 Å². The van der Waals surface area contributed by atoms with E-state index in [2.05, 4.69) is 0 Å². The number of carbonyl (C=O) groups is 3. The number of benzene rings is 2. The van der Waals surface area contributed by atoms with Gasteiger partial charge in [0.1, 0.15) is 12.4 Å². The van der Waals surface area contributed by atoms with Crippen LogP contribution in [0, 0.1) is 5.82 Å². The Morgan fingerprint density at radius 1 is 0.967 bits per heavy atom. The first kappa shape index (κ1) is 19.7. The van der Waals surface area contributed by atoms with Gasteiger partial charge in [-0.05, 0) is 47.4 Å². The van der Waals surface area contributed by atoms with E-state index in [-0.39, 0.29) is 19.0 Å². The molecule has 0 atom stereocenters. The topological polar surface area (TPSA) is 63.7 Å². The third kappa shape index (κ3) is 3.92. The number of halogens is 1. The van der Waals surface area contributed by atoms with E-state index in [4.69, 9.17) is 4.74 Å². The summed E-state index contributed by atoms with van der Waals surface area (Å²) in [7, 11) is 0. The number of carbonyl (C=O) groups excluding carboxylic acids is 3. The third-order valence-corrected chi connectivity index (χ3v) is 5.52. The highest BCUT2D eigenvalue weighted by Gasteiger charge is 2.34. The monoisotopic (exact) mass is 421 g/mol. The van der Waals surface area contributed by atoms with Crippen molar-refractivity contribution >= 4 is 40.8 Å². The van der Waals surface area contributed by atoms with E-state index < -0.39 is 17.8 Å². The summed E-state index contributed by atoms with van der Waals surface area (Å²) >= 11 is 1.37. The highest BCUT2D eigenvalue weighted by Crippen LogP contribution is 2.25. The number of nitrogens with zero attached hydrogens (tertiary/aromatic N) is 1. The molecule has 0 bridgehead atoms. The molecule has 1 aliphatic heterocycles. The molecular formula is C23H16FNO4S. The van der Waals surface area contributed by atoms with Crippen LogP contribution in [0.15, 0.2) is 66.0 Å². The van der Waals surface area contributed by atoms with Crippen molar-refractivity contribution in [2.24, 2.45) is 0 Å². The van der Waals surface area contributed by atoms with Crippen LogP contribution in [0.5, 0.6) is 0 Å². The van der Waals surface area contributed by atoms with Crippen molar-refractivity contribution in [1.29, 1.82) is 0 Å². The molecule has 4 rings (SSSR count). The van der Waals surface area contributed by atoms with Gasteiger partial charge in [0.05, 0.1) is 23.2 Å². The SMILES string of the molecule is O=C(OCCN1C(=O)c2ccccc2C1=O)/C(=C/c1ccc(F)cc1)c1cccs1. The average molecular weight is 421 g/mol. The predicted octanol–water partition coefficient (Wildman–Crippen LogP) is 4.27. The minimum absolute atomic E-state index is 0.0354. The van der Waals surface area contributed by atoms with Gasteiger partial charge in [0.15, 0.2) is 0 Å². The number of thiophene rings is 1. The summed E-state index contributed by atoms with van der Waals surface area (Å²) in [6.07, 6.45) is 1.62. The first-order valence-corrected chi connectivity index (χ1v) is 10.1. The number of hydrogen-bond acceptors (Lipinski definition) is 5. The minimum atomic E-state index is -0.585. The molecule has 0 radical (unpaired) electrons. The Morgan fingerprint density at radius 2 is 1.63 bits per heavy atom. The van der Waals surface area contributed by atoms with Gasteiger partial charge >= 0.3 is 5.97 Å². The van der Waals surface area contributed by atoms with Crippen molar-refractivity contribution in [2.75, 3.05) is 13.2 Å². The maximum absolute atomic E-state index is 13.2. The fourth-order valence-corrected chi connectivity index (χ4v) is 3.87. The molecule has 2 amide bonds. The van der Waals surface area contributed by atoms with Crippen molar-refractivity contribution in [3.8, 4) is 0 Å². The molecule has 150 valence electrons. The Labute approximate surface area is 176 Å². The smallest absolute Gasteiger partial charge is 0.339 e. The zero-order valence-electron chi connectivity index (χ0n) is 15.7. The average Bonchev–Trinajstić information content (AvgIpc) is 3.37. The number of imide groups is 1. The summed E-state index contributed by atoms with van der Waals surface area (Å²) in [4.78, 5) is 39.3. The molecule has 2 aromatic carbocycles. The lowest BCUT2D eigenvalue weighted by Gasteiger charge is -2.14. The van der Waals surface area contributed by atoms with E-state index in [1.807, 2.05) is 11.4 Å². The fourth-order valence-electron chi connectivity index (χ4n) is 3.14. The van der Waals surface area contributed by atoms with Gasteiger partial charge < -0.3 is 4.74 Å². The summed E-state index contributed by atoms with van der Waals surface area (Å²) in [5.74, 6) is -1.74. The van der Waals surface area contributed by atoms with Crippen molar-refractivity contribution in [2.45, 2.75) is 0 Å². The van der Waals surface area contributed by atoms with E-state index in [1.54, 1.807) is 48.5 Å². The summed E-state index contributed by atoms with van der Waals surface area (Å²) in [5.41, 5.74) is 1.67. The fraction of sp³-hybridized carbons (Fsp3) is 0.0870. The van der Waals surface area contributed by atoms with Gasteiger partial charge in [-0.15, -0.1) is 11.3 Å². The van der Waals surface area contributed by atoms with Crippen molar-refractivity contribution in [1.82, 2.24) is 4.90 Å². The van der Waals surface area contributed by atoms with Gasteiger partial charge in [-0.1, -0.05) is 30.3 Å². The van der Waals surface area contributed by atoms with Gasteiger partial charge in [-0.2, -0.15) is 0 Å². The lowest BCUT2D eigenvalue weighted by Crippen LogP contribution is -2.33. The van der Waals surface area contributed by atoms with Crippen LogP contribution in [0.4, 0.5) is 4.39 Å². The highest BCUT2D eigenvalue weighted by molar-refractivity contribution is 7.11. The first-order chi connectivity index (χ1) is 14.5. The van der Waals surface area contributed by atoms with Crippen molar-refractivity contribution in [3.63, 3.8) is 0 Å². The van der Waals surface area contributed by atoms with Crippen LogP contribution in [-0.2, 0) is 9.53 Å². The maximum atomic E-state index is 13.2. The standard InChI is InChI=1S/C23H16FNO4S/c24-16-9-7-15(8-10-16)14-19(20-6-3-13-30-20)23(28)29-12-11-25-21(26)17-4-1-2-5-18(17)22(25)27/h1-10,13-14H,11-12H2/b19-14+. The van der Waals surface area contributed by atoms with Gasteiger partial charge in [-0.3, -0.25) is 14.5 Å². The molecule has 5 nitrogen and oxygen atoms in total. The number of amides is 2. The van der Waals surface area contributed by atoms with E-state index in [0.29, 0.717) is 27.1 Å². The van der Waals surface area contributed by atoms with Crippen molar-refractivity contribution < 1.29 is 23.5 Å². The van der Waals surface area contributed by atoms with Crippen LogP contribution < -0.4 is 0 Å². The molecule has 0 N–H and O–H groups in total. The molecule has 0 saturated carbocycles. The zero-order valence-corrected chi connectivity index (χ0v) is 16.5. The Hall–Kier alpha value is -3.58. The Morgan fingerprint density at radius 3 is 2.23 bits per heavy atom. The Kier molecular flexibility index (Phi) is 5.54. The lowest BCUT2D eigenvalue weighted by molar-refractivity contribution is -0.136. The van der Waals surface area contributed by atoms with Gasteiger partial charge in [-0.25, -0.2) is 9.18 Å². The Balaban J connectivity index is 1.46. The molecule has 0 saturated heterocycles.